The topological polar surface area (TPSA) is 51.3 Å². The van der Waals surface area contributed by atoms with Gasteiger partial charge >= 0.3 is 6.03 Å². The van der Waals surface area contributed by atoms with E-state index in [9.17, 15) is 4.79 Å². The van der Waals surface area contributed by atoms with Gasteiger partial charge in [-0.1, -0.05) is 31.1 Å². The largest absolute Gasteiger partial charge is 0.381 e. The molecule has 0 spiro atoms. The number of piperazine rings is 1. The van der Waals surface area contributed by atoms with E-state index in [0.717, 1.165) is 51.1 Å². The summed E-state index contributed by atoms with van der Waals surface area (Å²) in [7, 11) is 4.08. The van der Waals surface area contributed by atoms with Crippen molar-refractivity contribution in [3.05, 3.63) is 0 Å². The molecule has 3 saturated carbocycles. The summed E-state index contributed by atoms with van der Waals surface area (Å²) < 4.78 is 5.57. The second-order valence-electron chi connectivity index (χ2n) is 15.1. The van der Waals surface area contributed by atoms with E-state index in [1.807, 2.05) is 7.11 Å². The van der Waals surface area contributed by atoms with Crippen molar-refractivity contribution in [2.45, 2.75) is 121 Å². The fourth-order valence-electron chi connectivity index (χ4n) is 9.49. The van der Waals surface area contributed by atoms with Gasteiger partial charge < -0.3 is 19.9 Å². The Morgan fingerprint density at radius 2 is 1.44 bits per heavy atom. The molecule has 1 N–H and O–H groups in total. The third-order valence-electron chi connectivity index (χ3n) is 12.3. The minimum atomic E-state index is 0.186. The van der Waals surface area contributed by atoms with Gasteiger partial charge in [-0.25, -0.2) is 4.79 Å². The Morgan fingerprint density at radius 3 is 2.14 bits per heavy atom. The van der Waals surface area contributed by atoms with E-state index in [4.69, 9.17) is 4.74 Å². The maximum absolute atomic E-state index is 13.7. The van der Waals surface area contributed by atoms with E-state index in [-0.39, 0.29) is 6.03 Å². The van der Waals surface area contributed by atoms with Gasteiger partial charge in [0.05, 0.1) is 6.10 Å². The molecule has 0 unspecified atom stereocenters. The third-order valence-corrected chi connectivity index (χ3v) is 12.3. The summed E-state index contributed by atoms with van der Waals surface area (Å²) in [6, 6.07) is 1.65. The van der Waals surface area contributed by atoms with Crippen molar-refractivity contribution in [2.24, 2.45) is 23.7 Å². The van der Waals surface area contributed by atoms with Crippen LogP contribution in [-0.2, 0) is 4.74 Å². The maximum Gasteiger partial charge on any atom is 0.317 e. The first-order valence-electron chi connectivity index (χ1n) is 18.3. The number of hydrogen-bond donors (Lipinski definition) is 1. The van der Waals surface area contributed by atoms with Gasteiger partial charge in [0.25, 0.3) is 0 Å². The predicted octanol–water partition coefficient (Wildman–Crippen LogP) is 5.06. The molecule has 3 atom stereocenters. The molecule has 6 fully saturated rings. The lowest BCUT2D eigenvalue weighted by Gasteiger charge is -2.61. The van der Waals surface area contributed by atoms with Crippen molar-refractivity contribution in [3.63, 3.8) is 0 Å². The summed E-state index contributed by atoms with van der Waals surface area (Å²) in [4.78, 5) is 23.9. The Bertz CT molecular complexity index is 935. The van der Waals surface area contributed by atoms with Crippen LogP contribution in [0.3, 0.4) is 0 Å². The van der Waals surface area contributed by atoms with Crippen LogP contribution in [0.25, 0.3) is 0 Å². The van der Waals surface area contributed by atoms with Crippen LogP contribution in [0.1, 0.15) is 96.3 Å². The van der Waals surface area contributed by atoms with Gasteiger partial charge in [-0.3, -0.25) is 9.80 Å². The number of nitrogens with zero attached hydrogens (tertiary/aromatic N) is 4. The molecule has 3 heterocycles. The number of ether oxygens (including phenoxy) is 1. The minimum absolute atomic E-state index is 0.186. The van der Waals surface area contributed by atoms with Gasteiger partial charge in [0, 0.05) is 82.9 Å². The molecule has 0 aromatic heterocycles. The maximum atomic E-state index is 13.7. The molecule has 0 bridgehead atoms. The number of hydrogen-bond acceptors (Lipinski definition) is 5. The van der Waals surface area contributed by atoms with E-state index >= 15 is 0 Å². The van der Waals surface area contributed by atoms with Crippen LogP contribution in [-0.4, -0.2) is 116 Å². The molecule has 0 aromatic carbocycles. The van der Waals surface area contributed by atoms with E-state index in [2.05, 4.69) is 43.8 Å². The number of nitrogens with one attached hydrogen (secondary N) is 1. The van der Waals surface area contributed by atoms with Crippen molar-refractivity contribution < 1.29 is 9.53 Å². The van der Waals surface area contributed by atoms with Crippen LogP contribution in [0.4, 0.5) is 4.79 Å². The average molecular weight is 596 g/mol. The molecule has 0 radical (unpaired) electrons. The second-order valence-corrected chi connectivity index (χ2v) is 15.1. The molecular weight excluding hydrogens is 534 g/mol. The quantitative estimate of drug-likeness (QED) is 0.451. The SMILES string of the molecule is COC1CCC(NC(=O)N2CCCCN3[C@H](CN4CCN(C)CC4)[C@H](C4CCC(C#CC5CCCCC5)CC4)[C@@H]3C2)CC1. The van der Waals surface area contributed by atoms with Crippen molar-refractivity contribution in [3.8, 4) is 11.8 Å². The Hall–Kier alpha value is -1.33. The Morgan fingerprint density at radius 1 is 0.767 bits per heavy atom. The molecule has 0 aromatic rings. The highest BCUT2D eigenvalue weighted by Crippen LogP contribution is 2.46. The van der Waals surface area contributed by atoms with Crippen molar-refractivity contribution in [2.75, 3.05) is 66.5 Å². The first kappa shape index (κ1) is 31.6. The zero-order valence-corrected chi connectivity index (χ0v) is 27.5. The molecule has 242 valence electrons. The number of amides is 2. The summed E-state index contributed by atoms with van der Waals surface area (Å²) >= 11 is 0. The lowest BCUT2D eigenvalue weighted by molar-refractivity contribution is -0.118. The van der Waals surface area contributed by atoms with Crippen LogP contribution in [0.2, 0.25) is 0 Å². The van der Waals surface area contributed by atoms with Gasteiger partial charge in [0.1, 0.15) is 0 Å². The number of carbonyl (C=O) groups excluding carboxylic acids is 1. The van der Waals surface area contributed by atoms with E-state index in [1.54, 1.807) is 0 Å². The minimum Gasteiger partial charge on any atom is -0.381 e. The van der Waals surface area contributed by atoms with Gasteiger partial charge in [-0.2, -0.15) is 0 Å². The highest BCUT2D eigenvalue weighted by atomic mass is 16.5. The zero-order chi connectivity index (χ0) is 29.6. The van der Waals surface area contributed by atoms with Crippen LogP contribution < -0.4 is 5.32 Å². The third kappa shape index (κ3) is 8.10. The Balaban J connectivity index is 1.10. The molecular formula is C36H61N5O2. The van der Waals surface area contributed by atoms with Crippen LogP contribution in [0.5, 0.6) is 0 Å². The smallest absolute Gasteiger partial charge is 0.317 e. The van der Waals surface area contributed by atoms with Crippen molar-refractivity contribution in [1.82, 2.24) is 24.9 Å². The van der Waals surface area contributed by atoms with Crippen molar-refractivity contribution in [1.29, 1.82) is 0 Å². The number of carbonyl (C=O) groups is 1. The lowest BCUT2D eigenvalue weighted by Crippen LogP contribution is -2.73. The van der Waals surface area contributed by atoms with E-state index < -0.39 is 0 Å². The number of methoxy groups -OCH3 is 1. The van der Waals surface area contributed by atoms with Gasteiger partial charge in [-0.05, 0) is 102 Å². The summed E-state index contributed by atoms with van der Waals surface area (Å²) in [6.07, 6.45) is 18.9. The first-order valence-corrected chi connectivity index (χ1v) is 18.3. The molecule has 6 aliphatic rings. The van der Waals surface area contributed by atoms with Gasteiger partial charge in [0.2, 0.25) is 0 Å². The molecule has 2 amide bonds. The fourth-order valence-corrected chi connectivity index (χ4v) is 9.49. The predicted molar refractivity (Wildman–Crippen MR) is 174 cm³/mol. The Kier molecular flexibility index (Phi) is 11.3. The van der Waals surface area contributed by atoms with Crippen LogP contribution in [0, 0.1) is 35.5 Å². The number of fused-ring (bicyclic) bond motifs is 1. The van der Waals surface area contributed by atoms with E-state index in [0.29, 0.717) is 42.0 Å². The molecule has 7 nitrogen and oxygen atoms in total. The van der Waals surface area contributed by atoms with Crippen molar-refractivity contribution >= 4 is 6.03 Å². The van der Waals surface area contributed by atoms with Gasteiger partial charge in [-0.15, -0.1) is 0 Å². The number of rotatable bonds is 5. The van der Waals surface area contributed by atoms with Gasteiger partial charge in [0.15, 0.2) is 0 Å². The molecule has 3 aliphatic carbocycles. The summed E-state index contributed by atoms with van der Waals surface area (Å²) in [5, 5.41) is 3.45. The molecule has 43 heavy (non-hydrogen) atoms. The summed E-state index contributed by atoms with van der Waals surface area (Å²) in [6.45, 7) is 9.00. The Labute approximate surface area is 262 Å². The summed E-state index contributed by atoms with van der Waals surface area (Å²) in [5.41, 5.74) is 0. The van der Waals surface area contributed by atoms with Crippen LogP contribution >= 0.6 is 0 Å². The van der Waals surface area contributed by atoms with E-state index in [1.165, 1.54) is 103 Å². The standard InChI is InChI=1S/C36H61N5O2/c1-38-22-24-39(25-23-38)26-33-35(30-14-12-29(13-15-30)11-10-28-8-4-3-5-9-28)34-27-40(20-6-7-21-41(33)34)36(42)37-31-16-18-32(43-2)19-17-31/h28-35H,3-9,12-27H2,1-2H3,(H,37,42)/t29?,30?,31?,32?,33-,34+,35+/m1/s1. The number of urea groups is 1. The second kappa shape index (κ2) is 15.3. The molecule has 6 rings (SSSR count). The molecule has 7 heteroatoms. The number of likely N-dealkylation sites (N-methyl/N-ethyl adjacent to an activating group) is 1. The average Bonchev–Trinajstić information content (AvgIpc) is 3.03. The highest BCUT2D eigenvalue weighted by Gasteiger charge is 2.53. The lowest BCUT2D eigenvalue weighted by atomic mass is 9.64. The zero-order valence-electron chi connectivity index (χ0n) is 27.5. The molecule has 3 aliphatic heterocycles. The normalized spacial score (nSPS) is 37.3. The highest BCUT2D eigenvalue weighted by molar-refractivity contribution is 5.74. The first-order chi connectivity index (χ1) is 21.1. The summed E-state index contributed by atoms with van der Waals surface area (Å²) in [5.74, 6) is 10.2. The monoisotopic (exact) mass is 595 g/mol. The van der Waals surface area contributed by atoms with Crippen LogP contribution in [0.15, 0.2) is 0 Å². The molecule has 3 saturated heterocycles. The fraction of sp³-hybridized carbons (Fsp3) is 0.917.